The molecule has 6 heteroatoms. The van der Waals surface area contributed by atoms with Gasteiger partial charge in [0.05, 0.1) is 10.8 Å². The van der Waals surface area contributed by atoms with Gasteiger partial charge in [-0.2, -0.15) is 0 Å². The number of thioether (sulfide) groups is 1. The Bertz CT molecular complexity index is 473. The van der Waals surface area contributed by atoms with E-state index in [-0.39, 0.29) is 5.78 Å². The van der Waals surface area contributed by atoms with Gasteiger partial charge in [0.1, 0.15) is 0 Å². The Labute approximate surface area is 102 Å². The van der Waals surface area contributed by atoms with Crippen LogP contribution in [0.15, 0.2) is 41.4 Å². The van der Waals surface area contributed by atoms with E-state index in [2.05, 4.69) is 5.43 Å². The first-order chi connectivity index (χ1) is 8.16. The summed E-state index contributed by atoms with van der Waals surface area (Å²) in [5, 5.41) is 9.90. The molecule has 0 atom stereocenters. The molecular formula is C11H10N2O3S. The van der Waals surface area contributed by atoms with Gasteiger partial charge in [0, 0.05) is 11.8 Å². The fraction of sp³-hybridized carbons (Fsp3) is 0.0909. The number of Topliss-reactive ketones (excluding diaryl/α,β-unsaturated/α-hetero) is 1. The maximum atomic E-state index is 12.0. The number of hydrogen-bond donors (Lipinski definition) is 2. The van der Waals surface area contributed by atoms with E-state index in [4.69, 9.17) is 5.11 Å². The van der Waals surface area contributed by atoms with Gasteiger partial charge in [-0.05, 0) is 0 Å². The highest BCUT2D eigenvalue weighted by Crippen LogP contribution is 2.27. The smallest absolute Gasteiger partial charge is 0.423 e. The number of benzene rings is 1. The summed E-state index contributed by atoms with van der Waals surface area (Å²) in [5.41, 5.74) is 2.78. The Kier molecular flexibility index (Phi) is 3.34. The summed E-state index contributed by atoms with van der Waals surface area (Å²) in [6.45, 7) is 0. The van der Waals surface area contributed by atoms with Crippen LogP contribution < -0.4 is 5.43 Å². The van der Waals surface area contributed by atoms with Gasteiger partial charge in [-0.3, -0.25) is 9.80 Å². The molecule has 0 fully saturated rings. The summed E-state index contributed by atoms with van der Waals surface area (Å²) < 4.78 is 0. The van der Waals surface area contributed by atoms with E-state index in [0.717, 1.165) is 0 Å². The molecule has 2 rings (SSSR count). The van der Waals surface area contributed by atoms with Gasteiger partial charge in [-0.25, -0.2) is 10.2 Å². The molecule has 1 aromatic rings. The SMILES string of the molecule is O=C(O)NN1C=C(C(=O)c2ccccc2)SC1. The average Bonchev–Trinajstić information content (AvgIpc) is 2.77. The second-order valence-corrected chi connectivity index (χ2v) is 4.34. The van der Waals surface area contributed by atoms with E-state index >= 15 is 0 Å². The fourth-order valence-electron chi connectivity index (χ4n) is 1.40. The molecule has 88 valence electrons. The molecule has 1 aromatic carbocycles. The predicted molar refractivity (Wildman–Crippen MR) is 64.3 cm³/mol. The number of carbonyl (C=O) groups is 2. The minimum atomic E-state index is -1.14. The summed E-state index contributed by atoms with van der Waals surface area (Å²) >= 11 is 1.31. The zero-order valence-electron chi connectivity index (χ0n) is 8.79. The monoisotopic (exact) mass is 250 g/mol. The van der Waals surface area contributed by atoms with Crippen LogP contribution in [0.25, 0.3) is 0 Å². The molecule has 0 spiro atoms. The molecule has 1 amide bonds. The van der Waals surface area contributed by atoms with Gasteiger partial charge in [0.15, 0.2) is 0 Å². The molecule has 1 heterocycles. The number of ketones is 1. The Morgan fingerprint density at radius 3 is 2.65 bits per heavy atom. The van der Waals surface area contributed by atoms with Gasteiger partial charge >= 0.3 is 6.09 Å². The maximum absolute atomic E-state index is 12.0. The van der Waals surface area contributed by atoms with Crippen molar-refractivity contribution in [3.8, 4) is 0 Å². The molecule has 0 saturated heterocycles. The van der Waals surface area contributed by atoms with Gasteiger partial charge in [0.25, 0.3) is 0 Å². The molecule has 5 nitrogen and oxygen atoms in total. The van der Waals surface area contributed by atoms with Crippen LogP contribution in [0.1, 0.15) is 10.4 Å². The van der Waals surface area contributed by atoms with E-state index in [1.165, 1.54) is 23.0 Å². The van der Waals surface area contributed by atoms with Crippen molar-refractivity contribution in [2.45, 2.75) is 0 Å². The number of hydrogen-bond acceptors (Lipinski definition) is 4. The van der Waals surface area contributed by atoms with Crippen molar-refractivity contribution in [3.05, 3.63) is 47.0 Å². The first kappa shape index (κ1) is 11.5. The zero-order chi connectivity index (χ0) is 12.3. The molecule has 0 radical (unpaired) electrons. The van der Waals surface area contributed by atoms with E-state index in [1.807, 2.05) is 6.07 Å². The lowest BCUT2D eigenvalue weighted by molar-refractivity contribution is 0.104. The van der Waals surface area contributed by atoms with E-state index in [0.29, 0.717) is 16.3 Å². The highest BCUT2D eigenvalue weighted by Gasteiger charge is 2.21. The van der Waals surface area contributed by atoms with Gasteiger partial charge in [-0.15, -0.1) is 0 Å². The number of hydrazine groups is 1. The van der Waals surface area contributed by atoms with Crippen LogP contribution >= 0.6 is 11.8 Å². The molecule has 0 bridgehead atoms. The summed E-state index contributed by atoms with van der Waals surface area (Å²) in [5.74, 6) is 0.311. The molecule has 0 saturated carbocycles. The normalized spacial score (nSPS) is 14.4. The van der Waals surface area contributed by atoms with Crippen molar-refractivity contribution in [2.75, 3.05) is 5.88 Å². The molecule has 0 unspecified atom stereocenters. The van der Waals surface area contributed by atoms with Crippen LogP contribution in [-0.2, 0) is 0 Å². The molecular weight excluding hydrogens is 240 g/mol. The second kappa shape index (κ2) is 4.92. The van der Waals surface area contributed by atoms with Crippen molar-refractivity contribution in [3.63, 3.8) is 0 Å². The lowest BCUT2D eigenvalue weighted by atomic mass is 10.1. The third-order valence-electron chi connectivity index (χ3n) is 2.13. The van der Waals surface area contributed by atoms with Crippen LogP contribution in [-0.4, -0.2) is 27.9 Å². The highest BCUT2D eigenvalue weighted by atomic mass is 32.2. The zero-order valence-corrected chi connectivity index (χ0v) is 9.61. The second-order valence-electron chi connectivity index (χ2n) is 3.35. The average molecular weight is 250 g/mol. The van der Waals surface area contributed by atoms with E-state index in [9.17, 15) is 9.59 Å². The minimum absolute atomic E-state index is 0.0923. The topological polar surface area (TPSA) is 69.6 Å². The third-order valence-corrected chi connectivity index (χ3v) is 3.14. The van der Waals surface area contributed by atoms with Crippen LogP contribution in [0.3, 0.4) is 0 Å². The van der Waals surface area contributed by atoms with E-state index < -0.39 is 6.09 Å². The number of nitrogens with one attached hydrogen (secondary N) is 1. The molecule has 2 N–H and O–H groups in total. The van der Waals surface area contributed by atoms with Crippen molar-refractivity contribution in [1.29, 1.82) is 0 Å². The molecule has 0 aliphatic carbocycles. The summed E-state index contributed by atoms with van der Waals surface area (Å²) in [6, 6.07) is 8.89. The fourth-order valence-corrected chi connectivity index (χ4v) is 2.27. The number of carbonyl (C=O) groups excluding carboxylic acids is 1. The highest BCUT2D eigenvalue weighted by molar-refractivity contribution is 8.04. The third kappa shape index (κ3) is 2.79. The molecule has 17 heavy (non-hydrogen) atoms. The largest absolute Gasteiger partial charge is 0.464 e. The quantitative estimate of drug-likeness (QED) is 0.802. The summed E-state index contributed by atoms with van der Waals surface area (Å²) in [6.07, 6.45) is 0.365. The molecule has 0 aromatic heterocycles. The number of carboxylic acid groups (broad SMARTS) is 1. The molecule has 1 aliphatic heterocycles. The number of allylic oxidation sites excluding steroid dienone is 1. The van der Waals surface area contributed by atoms with Crippen LogP contribution in [0.4, 0.5) is 4.79 Å². The van der Waals surface area contributed by atoms with Crippen molar-refractivity contribution >= 4 is 23.6 Å². The summed E-state index contributed by atoms with van der Waals surface area (Å²) in [4.78, 5) is 22.9. The van der Waals surface area contributed by atoms with E-state index in [1.54, 1.807) is 24.3 Å². The first-order valence-corrected chi connectivity index (χ1v) is 5.86. The number of amides is 1. The Morgan fingerprint density at radius 1 is 1.29 bits per heavy atom. The van der Waals surface area contributed by atoms with Crippen LogP contribution in [0, 0.1) is 0 Å². The van der Waals surface area contributed by atoms with Gasteiger partial charge < -0.3 is 5.11 Å². The Hall–Kier alpha value is -1.95. The summed E-state index contributed by atoms with van der Waals surface area (Å²) in [7, 11) is 0. The Morgan fingerprint density at radius 2 is 2.00 bits per heavy atom. The maximum Gasteiger partial charge on any atom is 0.423 e. The van der Waals surface area contributed by atoms with Gasteiger partial charge in [-0.1, -0.05) is 42.1 Å². The first-order valence-electron chi connectivity index (χ1n) is 4.87. The Balaban J connectivity index is 2.09. The molecule has 1 aliphatic rings. The lowest BCUT2D eigenvalue weighted by Gasteiger charge is -2.11. The predicted octanol–water partition coefficient (Wildman–Crippen LogP) is 1.90. The minimum Gasteiger partial charge on any atom is -0.464 e. The number of rotatable bonds is 3. The van der Waals surface area contributed by atoms with Crippen molar-refractivity contribution in [1.82, 2.24) is 10.4 Å². The van der Waals surface area contributed by atoms with Crippen LogP contribution in [0.2, 0.25) is 0 Å². The van der Waals surface area contributed by atoms with Crippen molar-refractivity contribution < 1.29 is 14.7 Å². The number of nitrogens with zero attached hydrogens (tertiary/aromatic N) is 1. The van der Waals surface area contributed by atoms with Crippen LogP contribution in [0.5, 0.6) is 0 Å². The van der Waals surface area contributed by atoms with Crippen molar-refractivity contribution in [2.24, 2.45) is 0 Å². The standard InChI is InChI=1S/C11H10N2O3S/c14-10(8-4-2-1-3-5-8)9-6-13(7-17-9)12-11(15)16/h1-6,12H,7H2,(H,15,16). The van der Waals surface area contributed by atoms with Gasteiger partial charge in [0.2, 0.25) is 5.78 Å². The lowest BCUT2D eigenvalue weighted by Crippen LogP contribution is -2.35.